The van der Waals surface area contributed by atoms with E-state index in [4.69, 9.17) is 0 Å². The molecule has 0 aromatic heterocycles. The number of rotatable bonds is 22. The molecule has 0 radical (unpaired) electrons. The SMILES string of the molecule is Cc1ccccc1N(c1ccc(C=Cc2ccc(C=CC=C(c3ccccc3)c3ccccc3)cc2)cc1)c1ccc(C=Cc2ccc(C=Cc3ccc(N(c4ccc(C=Cc5ccc(C=CC=C(c6ccccc6)c6ccccc6)cc5)cc4)c4ccccc4C)cc3)cc2)cc1. The Hall–Kier alpha value is -12.6. The number of allylic oxidation sites excluding steroid dienone is 4. The molecule has 0 atom stereocenters. The van der Waals surface area contributed by atoms with E-state index >= 15 is 0 Å². The van der Waals surface area contributed by atoms with Gasteiger partial charge in [-0.05, 0) is 175 Å². The molecule has 98 heavy (non-hydrogen) atoms. The van der Waals surface area contributed by atoms with Gasteiger partial charge in [0, 0.05) is 34.1 Å². The lowest BCUT2D eigenvalue weighted by atomic mass is 9.97. The molecule has 0 aliphatic heterocycles. The minimum Gasteiger partial charge on any atom is -0.310 e. The second kappa shape index (κ2) is 32.0. The van der Waals surface area contributed by atoms with Gasteiger partial charge in [-0.25, -0.2) is 0 Å². The van der Waals surface area contributed by atoms with Crippen molar-refractivity contribution in [2.75, 3.05) is 9.80 Å². The van der Waals surface area contributed by atoms with Crippen LogP contribution in [0.1, 0.15) is 89.0 Å². The van der Waals surface area contributed by atoms with Crippen molar-refractivity contribution in [3.8, 4) is 0 Å². The molecule has 0 heterocycles. The van der Waals surface area contributed by atoms with E-state index in [2.05, 4.69) is 448 Å². The number of para-hydroxylation sites is 2. The van der Waals surface area contributed by atoms with Gasteiger partial charge < -0.3 is 9.80 Å². The highest BCUT2D eigenvalue weighted by Crippen LogP contribution is 2.39. The summed E-state index contributed by atoms with van der Waals surface area (Å²) in [5.41, 5.74) is 27.7. The van der Waals surface area contributed by atoms with Crippen LogP contribution in [0.5, 0.6) is 0 Å². The smallest absolute Gasteiger partial charge is 0.0490 e. The van der Waals surface area contributed by atoms with Crippen LogP contribution in [0.25, 0.3) is 71.9 Å². The van der Waals surface area contributed by atoms with Crippen molar-refractivity contribution in [2.24, 2.45) is 0 Å². The van der Waals surface area contributed by atoms with Gasteiger partial charge in [-0.15, -0.1) is 0 Å². The molecule has 13 rings (SSSR count). The van der Waals surface area contributed by atoms with E-state index in [-0.39, 0.29) is 0 Å². The molecule has 2 heteroatoms. The quantitative estimate of drug-likeness (QED) is 0.0493. The second-order valence-electron chi connectivity index (χ2n) is 24.3. The third-order valence-corrected chi connectivity index (χ3v) is 17.4. The highest BCUT2D eigenvalue weighted by atomic mass is 15.1. The molecule has 0 aliphatic carbocycles. The molecule has 13 aromatic carbocycles. The Labute approximate surface area is 579 Å². The second-order valence-corrected chi connectivity index (χ2v) is 24.3. The van der Waals surface area contributed by atoms with E-state index in [1.165, 1.54) is 44.5 Å². The number of benzene rings is 13. The van der Waals surface area contributed by atoms with E-state index < -0.39 is 0 Å². The van der Waals surface area contributed by atoms with Crippen LogP contribution in [-0.4, -0.2) is 0 Å². The fourth-order valence-corrected chi connectivity index (χ4v) is 12.0. The third-order valence-electron chi connectivity index (χ3n) is 17.4. The Morgan fingerprint density at radius 1 is 0.194 bits per heavy atom. The van der Waals surface area contributed by atoms with E-state index in [9.17, 15) is 0 Å². The van der Waals surface area contributed by atoms with Crippen molar-refractivity contribution in [3.05, 3.63) is 453 Å². The van der Waals surface area contributed by atoms with Crippen LogP contribution < -0.4 is 9.80 Å². The maximum atomic E-state index is 2.34. The molecule has 0 fully saturated rings. The zero-order chi connectivity index (χ0) is 66.5. The highest BCUT2D eigenvalue weighted by Gasteiger charge is 2.17. The lowest BCUT2D eigenvalue weighted by Crippen LogP contribution is -2.11. The Morgan fingerprint density at radius 2 is 0.378 bits per heavy atom. The van der Waals surface area contributed by atoms with E-state index in [0.29, 0.717) is 0 Å². The first-order chi connectivity index (χ1) is 48.4. The summed E-state index contributed by atoms with van der Waals surface area (Å²) in [5.74, 6) is 0. The van der Waals surface area contributed by atoms with Crippen molar-refractivity contribution in [1.82, 2.24) is 0 Å². The Bertz CT molecular complexity index is 4570. The van der Waals surface area contributed by atoms with Gasteiger partial charge in [0.25, 0.3) is 0 Å². The van der Waals surface area contributed by atoms with Crippen molar-refractivity contribution < 1.29 is 0 Å². The molecule has 0 amide bonds. The summed E-state index contributed by atoms with van der Waals surface area (Å²) in [4.78, 5) is 4.68. The first-order valence-corrected chi connectivity index (χ1v) is 33.5. The van der Waals surface area contributed by atoms with Crippen molar-refractivity contribution in [2.45, 2.75) is 13.8 Å². The van der Waals surface area contributed by atoms with Crippen LogP contribution in [0, 0.1) is 13.8 Å². The average Bonchev–Trinajstić information content (AvgIpc) is 0.886. The van der Waals surface area contributed by atoms with Gasteiger partial charge in [0.2, 0.25) is 0 Å². The normalized spacial score (nSPS) is 11.5. The zero-order valence-electron chi connectivity index (χ0n) is 55.3. The Balaban J connectivity index is 0.621. The summed E-state index contributed by atoms with van der Waals surface area (Å²) in [6, 6.07) is 121. The molecule has 0 saturated carbocycles. The fourth-order valence-electron chi connectivity index (χ4n) is 12.0. The average molecular weight is 1260 g/mol. The van der Waals surface area contributed by atoms with Crippen LogP contribution in [0.3, 0.4) is 0 Å². The molecule has 470 valence electrons. The summed E-state index contributed by atoms with van der Waals surface area (Å²) < 4.78 is 0. The van der Waals surface area contributed by atoms with E-state index in [0.717, 1.165) is 89.8 Å². The van der Waals surface area contributed by atoms with Crippen LogP contribution in [-0.2, 0) is 0 Å². The predicted octanol–water partition coefficient (Wildman–Crippen LogP) is 26.2. The number of nitrogens with zero attached hydrogens (tertiary/aromatic N) is 2. The lowest BCUT2D eigenvalue weighted by Gasteiger charge is -2.27. The van der Waals surface area contributed by atoms with Gasteiger partial charge in [-0.2, -0.15) is 0 Å². The maximum absolute atomic E-state index is 2.34. The molecule has 0 N–H and O–H groups in total. The minimum atomic E-state index is 1.10. The molecule has 0 unspecified atom stereocenters. The van der Waals surface area contributed by atoms with Crippen molar-refractivity contribution >= 4 is 106 Å². The van der Waals surface area contributed by atoms with Crippen LogP contribution in [0.4, 0.5) is 34.1 Å². The van der Waals surface area contributed by atoms with E-state index in [1.807, 2.05) is 0 Å². The van der Waals surface area contributed by atoms with Crippen molar-refractivity contribution in [3.63, 3.8) is 0 Å². The number of anilines is 6. The van der Waals surface area contributed by atoms with Gasteiger partial charge in [-0.1, -0.05) is 364 Å². The van der Waals surface area contributed by atoms with Gasteiger partial charge in [0.05, 0.1) is 0 Å². The summed E-state index contributed by atoms with van der Waals surface area (Å²) in [5, 5.41) is 0. The molecular weight excluding hydrogens is 1180 g/mol. The molecule has 0 saturated heterocycles. The van der Waals surface area contributed by atoms with E-state index in [1.54, 1.807) is 0 Å². The molecule has 2 nitrogen and oxygen atoms in total. The van der Waals surface area contributed by atoms with Crippen LogP contribution in [0.2, 0.25) is 0 Å². The third kappa shape index (κ3) is 16.8. The Morgan fingerprint density at radius 3 is 0.592 bits per heavy atom. The lowest BCUT2D eigenvalue weighted by molar-refractivity contribution is 1.25. The van der Waals surface area contributed by atoms with Gasteiger partial charge in [-0.3, -0.25) is 0 Å². The van der Waals surface area contributed by atoms with Gasteiger partial charge in [0.15, 0.2) is 0 Å². The maximum Gasteiger partial charge on any atom is 0.0490 e. The first-order valence-electron chi connectivity index (χ1n) is 33.5. The molecule has 0 spiro atoms. The summed E-state index contributed by atoms with van der Waals surface area (Å²) >= 11 is 0. The molecule has 0 bridgehead atoms. The van der Waals surface area contributed by atoms with Crippen LogP contribution >= 0.6 is 0 Å². The monoisotopic (exact) mass is 1260 g/mol. The summed E-state index contributed by atoms with van der Waals surface area (Å²) in [7, 11) is 0. The molecular formula is C96H76N2. The molecule has 0 aliphatic rings. The summed E-state index contributed by atoms with van der Waals surface area (Å²) in [6.07, 6.45) is 30.5. The predicted molar refractivity (Wildman–Crippen MR) is 425 cm³/mol. The minimum absolute atomic E-state index is 1.10. The van der Waals surface area contributed by atoms with Gasteiger partial charge >= 0.3 is 0 Å². The Kier molecular flexibility index (Phi) is 20.9. The topological polar surface area (TPSA) is 6.48 Å². The van der Waals surface area contributed by atoms with Gasteiger partial charge in [0.1, 0.15) is 0 Å². The standard InChI is InChI=1S/C96H76N2/c1-73-21-15-17-35-95(73)97(89-65-57-81(58-66-89)53-49-77-41-37-75(38-42-77)23-19-33-93(85-25-7-3-8-26-85)86-27-9-4-10-28-86)91-69-61-83(62-70-91)55-51-79-45-47-80(48-46-79)52-56-84-63-71-92(72-64-84)98(96-36-18-16-22-74(96)2)90-67-59-82(60-68-90)54-50-78-43-39-76(40-44-78)24-20-34-94(87-29-11-5-12-30-87)88-31-13-6-14-32-88/h3-72H,1-2H3. The number of aryl methyl sites for hydroxylation is 2. The summed E-state index contributed by atoms with van der Waals surface area (Å²) in [6.45, 7) is 4.35. The highest BCUT2D eigenvalue weighted by molar-refractivity contribution is 5.86. The van der Waals surface area contributed by atoms with Crippen LogP contribution in [0.15, 0.2) is 364 Å². The fraction of sp³-hybridized carbons (Fsp3) is 0.0208. The molecule has 13 aromatic rings. The number of hydrogen-bond donors (Lipinski definition) is 0. The first kappa shape index (κ1) is 64.1. The van der Waals surface area contributed by atoms with Crippen molar-refractivity contribution in [1.29, 1.82) is 0 Å². The number of hydrogen-bond acceptors (Lipinski definition) is 2. The zero-order valence-corrected chi connectivity index (χ0v) is 55.3. The largest absolute Gasteiger partial charge is 0.310 e.